The molecule has 0 aliphatic rings. The van der Waals surface area contributed by atoms with E-state index in [0.717, 1.165) is 11.4 Å². The van der Waals surface area contributed by atoms with Crippen LogP contribution < -0.4 is 10.5 Å². The van der Waals surface area contributed by atoms with E-state index in [-0.39, 0.29) is 0 Å². The van der Waals surface area contributed by atoms with Crippen molar-refractivity contribution in [2.45, 2.75) is 0 Å². The fourth-order valence-corrected chi connectivity index (χ4v) is 1.18. The van der Waals surface area contributed by atoms with Crippen LogP contribution in [-0.2, 0) is 10.4 Å². The number of aromatic nitrogens is 3. The Morgan fingerprint density at radius 3 is 2.21 bits per heavy atom. The average Bonchev–Trinajstić information content (AvgIpc) is 2.80. The second-order valence-corrected chi connectivity index (χ2v) is 4.09. The van der Waals surface area contributed by atoms with Crippen LogP contribution >= 0.6 is 0 Å². The molecule has 0 bridgehead atoms. The van der Waals surface area contributed by atoms with Crippen LogP contribution in [0.3, 0.4) is 0 Å². The van der Waals surface area contributed by atoms with E-state index in [1.807, 2.05) is 12.1 Å². The molecule has 1 aromatic carbocycles. The molecule has 1 heterocycles. The number of hydrogen-bond acceptors (Lipinski definition) is 6. The number of ether oxygens (including phenoxy) is 1. The quantitative estimate of drug-likeness (QED) is 0.526. The topological polar surface area (TPSA) is 141 Å². The van der Waals surface area contributed by atoms with Crippen molar-refractivity contribution in [2.75, 3.05) is 12.8 Å². The van der Waals surface area contributed by atoms with Gasteiger partial charge in [-0.05, 0) is 12.1 Å². The molecule has 104 valence electrons. The molecule has 4 N–H and O–H groups in total. The molecular weight excluding hydrogens is 276 g/mol. The number of hydrogen-bond donors (Lipinski definition) is 3. The van der Waals surface area contributed by atoms with Crippen LogP contribution in [0.15, 0.2) is 30.6 Å². The van der Waals surface area contributed by atoms with Crippen molar-refractivity contribution < 1.29 is 22.3 Å². The van der Waals surface area contributed by atoms with Crippen molar-refractivity contribution in [3.63, 3.8) is 0 Å². The van der Waals surface area contributed by atoms with Gasteiger partial charge in [0.2, 0.25) is 0 Å². The molecule has 0 spiro atoms. The molecule has 19 heavy (non-hydrogen) atoms. The Kier molecular flexibility index (Phi) is 4.80. The van der Waals surface area contributed by atoms with Gasteiger partial charge in [-0.25, -0.2) is 0 Å². The predicted octanol–water partition coefficient (Wildman–Crippen LogP) is 0.205. The lowest BCUT2D eigenvalue weighted by Gasteiger charge is -2.05. The lowest BCUT2D eigenvalue weighted by Crippen LogP contribution is -2.03. The largest absolute Gasteiger partial charge is 0.497 e. The predicted molar refractivity (Wildman–Crippen MR) is 66.5 cm³/mol. The van der Waals surface area contributed by atoms with Gasteiger partial charge in [-0.15, -0.1) is 4.80 Å². The van der Waals surface area contributed by atoms with E-state index in [1.165, 1.54) is 4.80 Å². The number of anilines is 1. The van der Waals surface area contributed by atoms with Gasteiger partial charge in [0.15, 0.2) is 0 Å². The number of nitrogen functional groups attached to an aromatic ring is 1. The summed E-state index contributed by atoms with van der Waals surface area (Å²) >= 11 is 0. The lowest BCUT2D eigenvalue weighted by atomic mass is 10.2. The van der Waals surface area contributed by atoms with Crippen molar-refractivity contribution in [1.29, 1.82) is 0 Å². The Hall–Kier alpha value is -2.17. The number of nitrogens with two attached hydrogens (primary N) is 1. The molecule has 0 fully saturated rings. The summed E-state index contributed by atoms with van der Waals surface area (Å²) in [6, 6.07) is 5.36. The van der Waals surface area contributed by atoms with E-state index in [1.54, 1.807) is 25.6 Å². The summed E-state index contributed by atoms with van der Waals surface area (Å²) in [6.45, 7) is 0. The normalized spacial score (nSPS) is 10.5. The van der Waals surface area contributed by atoms with Gasteiger partial charge >= 0.3 is 10.4 Å². The van der Waals surface area contributed by atoms with Crippen LogP contribution in [0.1, 0.15) is 0 Å². The fourth-order valence-electron chi connectivity index (χ4n) is 1.18. The second kappa shape index (κ2) is 6.13. The SMILES string of the molecule is COc1ccc(-n2nccn2)c(N)c1.O=S(=O)(O)O. The Morgan fingerprint density at radius 2 is 1.79 bits per heavy atom. The van der Waals surface area contributed by atoms with Gasteiger partial charge in [-0.1, -0.05) is 0 Å². The molecule has 2 aromatic rings. The third kappa shape index (κ3) is 5.33. The molecule has 0 saturated carbocycles. The Bertz CT molecular complexity index is 618. The lowest BCUT2D eigenvalue weighted by molar-refractivity contribution is 0.381. The number of benzene rings is 1. The average molecular weight is 288 g/mol. The molecule has 0 aliphatic heterocycles. The summed E-state index contributed by atoms with van der Waals surface area (Å²) in [4.78, 5) is 1.47. The van der Waals surface area contributed by atoms with Crippen LogP contribution in [0.4, 0.5) is 5.69 Å². The Labute approximate surface area is 109 Å². The Balaban J connectivity index is 0.000000312. The first-order valence-corrected chi connectivity index (χ1v) is 6.21. The van der Waals surface area contributed by atoms with Gasteiger partial charge < -0.3 is 10.5 Å². The molecule has 0 saturated heterocycles. The number of methoxy groups -OCH3 is 1. The molecule has 2 rings (SSSR count). The van der Waals surface area contributed by atoms with Gasteiger partial charge in [0, 0.05) is 6.07 Å². The molecule has 9 nitrogen and oxygen atoms in total. The maximum absolute atomic E-state index is 8.74. The monoisotopic (exact) mass is 288 g/mol. The first-order valence-electron chi connectivity index (χ1n) is 4.81. The van der Waals surface area contributed by atoms with E-state index >= 15 is 0 Å². The van der Waals surface area contributed by atoms with E-state index in [2.05, 4.69) is 10.2 Å². The summed E-state index contributed by atoms with van der Waals surface area (Å²) < 4.78 is 36.6. The standard InChI is InChI=1S/C9H10N4O.H2O4S/c1-14-7-2-3-9(8(10)6-7)13-11-4-5-12-13;1-5(2,3)4/h2-6H,10H2,1H3;(H2,1,2,3,4). The van der Waals surface area contributed by atoms with Crippen LogP contribution in [0.2, 0.25) is 0 Å². The highest BCUT2D eigenvalue weighted by atomic mass is 32.3. The number of nitrogens with zero attached hydrogens (tertiary/aromatic N) is 3. The van der Waals surface area contributed by atoms with Crippen molar-refractivity contribution in [3.05, 3.63) is 30.6 Å². The van der Waals surface area contributed by atoms with E-state index in [4.69, 9.17) is 28.0 Å². The van der Waals surface area contributed by atoms with Gasteiger partial charge in [-0.3, -0.25) is 9.11 Å². The summed E-state index contributed by atoms with van der Waals surface area (Å²) in [5.41, 5.74) is 7.14. The summed E-state index contributed by atoms with van der Waals surface area (Å²) in [6.07, 6.45) is 3.20. The van der Waals surface area contributed by atoms with Gasteiger partial charge in [0.1, 0.15) is 11.4 Å². The van der Waals surface area contributed by atoms with Gasteiger partial charge in [0.25, 0.3) is 0 Å². The van der Waals surface area contributed by atoms with E-state index in [9.17, 15) is 0 Å². The highest BCUT2D eigenvalue weighted by Gasteiger charge is 2.03. The Morgan fingerprint density at radius 1 is 1.26 bits per heavy atom. The molecule has 0 unspecified atom stereocenters. The molecular formula is C9H12N4O5S. The molecule has 0 aliphatic carbocycles. The zero-order chi connectivity index (χ0) is 14.5. The smallest absolute Gasteiger partial charge is 0.394 e. The summed E-state index contributed by atoms with van der Waals surface area (Å²) in [5, 5.41) is 7.98. The van der Waals surface area contributed by atoms with Crippen molar-refractivity contribution >= 4 is 16.1 Å². The molecule has 0 amide bonds. The number of rotatable bonds is 2. The second-order valence-electron chi connectivity index (χ2n) is 3.19. The first-order chi connectivity index (χ1) is 8.81. The minimum Gasteiger partial charge on any atom is -0.497 e. The summed E-state index contributed by atoms with van der Waals surface area (Å²) in [7, 11) is -3.07. The molecule has 0 atom stereocenters. The van der Waals surface area contributed by atoms with Crippen LogP contribution in [0, 0.1) is 0 Å². The van der Waals surface area contributed by atoms with Crippen LogP contribution in [0.25, 0.3) is 5.69 Å². The maximum atomic E-state index is 8.74. The zero-order valence-electron chi connectivity index (χ0n) is 9.83. The molecule has 10 heteroatoms. The first kappa shape index (κ1) is 14.9. The van der Waals surface area contributed by atoms with E-state index in [0.29, 0.717) is 5.69 Å². The highest BCUT2D eigenvalue weighted by molar-refractivity contribution is 7.79. The minimum absolute atomic E-state index is 0.584. The molecule has 1 aromatic heterocycles. The van der Waals surface area contributed by atoms with Crippen molar-refractivity contribution in [2.24, 2.45) is 0 Å². The van der Waals surface area contributed by atoms with Crippen LogP contribution in [0.5, 0.6) is 5.75 Å². The maximum Gasteiger partial charge on any atom is 0.394 e. The molecule has 0 radical (unpaired) electrons. The zero-order valence-corrected chi connectivity index (χ0v) is 10.6. The van der Waals surface area contributed by atoms with Crippen molar-refractivity contribution in [1.82, 2.24) is 15.0 Å². The third-order valence-electron chi connectivity index (χ3n) is 1.87. The third-order valence-corrected chi connectivity index (χ3v) is 1.87. The fraction of sp³-hybridized carbons (Fsp3) is 0.111. The minimum atomic E-state index is -4.67. The van der Waals surface area contributed by atoms with Crippen LogP contribution in [-0.4, -0.2) is 39.6 Å². The van der Waals surface area contributed by atoms with Gasteiger partial charge in [-0.2, -0.15) is 18.6 Å². The van der Waals surface area contributed by atoms with E-state index < -0.39 is 10.4 Å². The van der Waals surface area contributed by atoms with Gasteiger partial charge in [0.05, 0.1) is 25.2 Å². The summed E-state index contributed by atoms with van der Waals surface area (Å²) in [5.74, 6) is 0.721. The highest BCUT2D eigenvalue weighted by Crippen LogP contribution is 2.21. The van der Waals surface area contributed by atoms with Crippen molar-refractivity contribution in [3.8, 4) is 11.4 Å².